The highest BCUT2D eigenvalue weighted by atomic mass is 32.1. The monoisotopic (exact) mass is 245 g/mol. The van der Waals surface area contributed by atoms with Crippen LogP contribution >= 0.6 is 11.3 Å². The summed E-state index contributed by atoms with van der Waals surface area (Å²) in [7, 11) is 0. The molecule has 0 fully saturated rings. The molecule has 0 aliphatic heterocycles. The molecule has 0 spiro atoms. The van der Waals surface area contributed by atoms with Crippen molar-refractivity contribution in [3.05, 3.63) is 35.5 Å². The number of thiazole rings is 1. The van der Waals surface area contributed by atoms with Gasteiger partial charge in [-0.05, 0) is 12.1 Å². The fourth-order valence-corrected chi connectivity index (χ4v) is 1.65. The molecule has 2 aromatic rings. The number of rotatable bonds is 2. The number of nitrogens with zero attached hydrogens (tertiary/aromatic N) is 2. The molecular formula is C9H6F3N3S. The van der Waals surface area contributed by atoms with Gasteiger partial charge in [0.25, 0.3) is 0 Å². The van der Waals surface area contributed by atoms with Gasteiger partial charge in [0.1, 0.15) is 5.82 Å². The van der Waals surface area contributed by atoms with Crippen molar-refractivity contribution in [2.24, 2.45) is 0 Å². The topological polar surface area (TPSA) is 37.8 Å². The Morgan fingerprint density at radius 2 is 2.00 bits per heavy atom. The van der Waals surface area contributed by atoms with Crippen LogP contribution in [0.25, 0.3) is 0 Å². The van der Waals surface area contributed by atoms with E-state index in [1.54, 1.807) is 5.38 Å². The zero-order chi connectivity index (χ0) is 11.6. The maximum Gasteiger partial charge on any atom is 0.419 e. The molecule has 0 saturated heterocycles. The molecule has 84 valence electrons. The van der Waals surface area contributed by atoms with Crippen molar-refractivity contribution in [3.63, 3.8) is 0 Å². The van der Waals surface area contributed by atoms with E-state index in [0.717, 1.165) is 6.07 Å². The quantitative estimate of drug-likeness (QED) is 0.882. The van der Waals surface area contributed by atoms with Gasteiger partial charge in [0.2, 0.25) is 0 Å². The molecule has 3 nitrogen and oxygen atoms in total. The highest BCUT2D eigenvalue weighted by Crippen LogP contribution is 2.34. The third kappa shape index (κ3) is 2.30. The van der Waals surface area contributed by atoms with Gasteiger partial charge in [-0.25, -0.2) is 9.97 Å². The van der Waals surface area contributed by atoms with Gasteiger partial charge < -0.3 is 5.32 Å². The van der Waals surface area contributed by atoms with Gasteiger partial charge >= 0.3 is 6.18 Å². The van der Waals surface area contributed by atoms with Crippen LogP contribution < -0.4 is 5.32 Å². The lowest BCUT2D eigenvalue weighted by Crippen LogP contribution is -2.09. The summed E-state index contributed by atoms with van der Waals surface area (Å²) >= 11 is 1.21. The van der Waals surface area contributed by atoms with E-state index >= 15 is 0 Å². The van der Waals surface area contributed by atoms with Crippen LogP contribution in [0.1, 0.15) is 5.56 Å². The van der Waals surface area contributed by atoms with Crippen LogP contribution in [0.4, 0.5) is 24.1 Å². The van der Waals surface area contributed by atoms with E-state index in [1.165, 1.54) is 29.8 Å². The Balaban J connectivity index is 2.34. The van der Waals surface area contributed by atoms with Crippen molar-refractivity contribution in [1.82, 2.24) is 9.97 Å². The van der Waals surface area contributed by atoms with Crippen molar-refractivity contribution in [2.75, 3.05) is 5.32 Å². The molecule has 0 amide bonds. The lowest BCUT2D eigenvalue weighted by Gasteiger charge is -2.11. The lowest BCUT2D eigenvalue weighted by atomic mass is 10.2. The van der Waals surface area contributed by atoms with E-state index in [0.29, 0.717) is 5.13 Å². The number of hydrogen-bond acceptors (Lipinski definition) is 4. The molecule has 16 heavy (non-hydrogen) atoms. The van der Waals surface area contributed by atoms with E-state index in [1.807, 2.05) is 0 Å². The Hall–Kier alpha value is -1.63. The normalized spacial score (nSPS) is 11.4. The summed E-state index contributed by atoms with van der Waals surface area (Å²) in [6.45, 7) is 0. The van der Waals surface area contributed by atoms with Crippen molar-refractivity contribution in [2.45, 2.75) is 6.18 Å². The molecule has 0 aliphatic rings. The van der Waals surface area contributed by atoms with E-state index < -0.39 is 11.7 Å². The van der Waals surface area contributed by atoms with Crippen molar-refractivity contribution < 1.29 is 13.2 Å². The summed E-state index contributed by atoms with van der Waals surface area (Å²) in [6, 6.07) is 2.22. The number of nitrogens with one attached hydrogen (secondary N) is 1. The Morgan fingerprint density at radius 1 is 1.19 bits per heavy atom. The minimum Gasteiger partial charge on any atom is -0.316 e. The second-order valence-electron chi connectivity index (χ2n) is 2.86. The van der Waals surface area contributed by atoms with E-state index in [-0.39, 0.29) is 5.82 Å². The zero-order valence-electron chi connectivity index (χ0n) is 7.82. The molecule has 0 unspecified atom stereocenters. The number of alkyl halides is 3. The van der Waals surface area contributed by atoms with Crippen LogP contribution in [0, 0.1) is 0 Å². The van der Waals surface area contributed by atoms with Crippen molar-refractivity contribution in [1.29, 1.82) is 0 Å². The molecule has 0 aliphatic carbocycles. The largest absolute Gasteiger partial charge is 0.419 e. The van der Waals surface area contributed by atoms with Gasteiger partial charge in [-0.2, -0.15) is 13.2 Å². The summed E-state index contributed by atoms with van der Waals surface area (Å²) in [4.78, 5) is 7.49. The summed E-state index contributed by atoms with van der Waals surface area (Å²) in [5, 5.41) is 4.58. The van der Waals surface area contributed by atoms with E-state index in [2.05, 4.69) is 15.3 Å². The summed E-state index contributed by atoms with van der Waals surface area (Å²) in [6.07, 6.45) is -1.62. The minimum atomic E-state index is -4.42. The number of pyridine rings is 1. The predicted octanol–water partition coefficient (Wildman–Crippen LogP) is 3.30. The van der Waals surface area contributed by atoms with Crippen LogP contribution in [0.3, 0.4) is 0 Å². The van der Waals surface area contributed by atoms with Crippen LogP contribution in [0.2, 0.25) is 0 Å². The minimum absolute atomic E-state index is 0.232. The first-order chi connectivity index (χ1) is 7.57. The number of halogens is 3. The smallest absolute Gasteiger partial charge is 0.316 e. The second-order valence-corrected chi connectivity index (χ2v) is 3.75. The summed E-state index contributed by atoms with van der Waals surface area (Å²) in [5.41, 5.74) is -0.801. The third-order valence-corrected chi connectivity index (χ3v) is 2.46. The Bertz CT molecular complexity index is 467. The molecule has 0 bridgehead atoms. The molecular weight excluding hydrogens is 239 g/mol. The predicted molar refractivity (Wildman–Crippen MR) is 54.6 cm³/mol. The van der Waals surface area contributed by atoms with Gasteiger partial charge in [0, 0.05) is 17.8 Å². The first-order valence-corrected chi connectivity index (χ1v) is 5.14. The molecule has 2 heterocycles. The Labute approximate surface area is 93.0 Å². The standard InChI is InChI=1S/C9H6F3N3S/c10-9(11,12)6-2-1-3-13-7(6)15-8-14-4-5-16-8/h1-5H,(H,13,14,15). The van der Waals surface area contributed by atoms with Gasteiger partial charge in [-0.15, -0.1) is 11.3 Å². The van der Waals surface area contributed by atoms with Gasteiger partial charge in [0.05, 0.1) is 5.56 Å². The van der Waals surface area contributed by atoms with Crippen LogP contribution in [-0.4, -0.2) is 9.97 Å². The Kier molecular flexibility index (Phi) is 2.78. The summed E-state index contributed by atoms with van der Waals surface area (Å²) < 4.78 is 37.7. The zero-order valence-corrected chi connectivity index (χ0v) is 8.64. The molecule has 0 radical (unpaired) electrons. The molecule has 0 saturated carbocycles. The maximum atomic E-state index is 12.6. The first-order valence-electron chi connectivity index (χ1n) is 4.26. The van der Waals surface area contributed by atoms with Crippen molar-refractivity contribution >= 4 is 22.3 Å². The molecule has 0 atom stereocenters. The fraction of sp³-hybridized carbons (Fsp3) is 0.111. The molecule has 2 aromatic heterocycles. The SMILES string of the molecule is FC(F)(F)c1cccnc1Nc1nccs1. The van der Waals surface area contributed by atoms with Gasteiger partial charge in [-0.1, -0.05) is 0 Å². The first kappa shape index (κ1) is 10.9. The number of anilines is 2. The highest BCUT2D eigenvalue weighted by molar-refractivity contribution is 7.13. The fourth-order valence-electron chi connectivity index (χ4n) is 1.12. The van der Waals surface area contributed by atoms with Crippen LogP contribution in [0.5, 0.6) is 0 Å². The third-order valence-electron chi connectivity index (χ3n) is 1.77. The average Bonchev–Trinajstić information content (AvgIpc) is 2.70. The Morgan fingerprint density at radius 3 is 2.62 bits per heavy atom. The molecule has 1 N–H and O–H groups in total. The average molecular weight is 245 g/mol. The maximum absolute atomic E-state index is 12.6. The van der Waals surface area contributed by atoms with Gasteiger partial charge in [-0.3, -0.25) is 0 Å². The number of aromatic nitrogens is 2. The molecule has 7 heteroatoms. The van der Waals surface area contributed by atoms with Gasteiger partial charge in [0.15, 0.2) is 5.13 Å². The second kappa shape index (κ2) is 4.09. The molecule has 2 rings (SSSR count). The van der Waals surface area contributed by atoms with Crippen molar-refractivity contribution in [3.8, 4) is 0 Å². The molecule has 0 aromatic carbocycles. The lowest BCUT2D eigenvalue weighted by molar-refractivity contribution is -0.137. The van der Waals surface area contributed by atoms with Crippen LogP contribution in [-0.2, 0) is 6.18 Å². The van der Waals surface area contributed by atoms with Crippen LogP contribution in [0.15, 0.2) is 29.9 Å². The number of hydrogen-bond donors (Lipinski definition) is 1. The van der Waals surface area contributed by atoms with E-state index in [4.69, 9.17) is 0 Å². The van der Waals surface area contributed by atoms with E-state index in [9.17, 15) is 13.2 Å². The highest BCUT2D eigenvalue weighted by Gasteiger charge is 2.34. The summed E-state index contributed by atoms with van der Waals surface area (Å²) in [5.74, 6) is -0.232.